The van der Waals surface area contributed by atoms with Gasteiger partial charge in [0.25, 0.3) is 5.91 Å². The summed E-state index contributed by atoms with van der Waals surface area (Å²) in [4.78, 5) is 27.0. The summed E-state index contributed by atoms with van der Waals surface area (Å²) in [6, 6.07) is 16.5. The van der Waals surface area contributed by atoms with E-state index >= 15 is 0 Å². The van der Waals surface area contributed by atoms with Crippen molar-refractivity contribution in [3.8, 4) is 0 Å². The van der Waals surface area contributed by atoms with E-state index < -0.39 is 33.7 Å². The van der Waals surface area contributed by atoms with Crippen LogP contribution in [-0.4, -0.2) is 30.6 Å². The van der Waals surface area contributed by atoms with Gasteiger partial charge in [0.05, 0.1) is 17.0 Å². The number of halogens is 2. The summed E-state index contributed by atoms with van der Waals surface area (Å²) in [6.45, 7) is 1.64. The highest BCUT2D eigenvalue weighted by Crippen LogP contribution is 2.32. The lowest BCUT2D eigenvalue weighted by Crippen LogP contribution is -2.45. The average Bonchev–Trinajstić information content (AvgIpc) is 3.07. The molecule has 0 bridgehead atoms. The van der Waals surface area contributed by atoms with Crippen molar-refractivity contribution < 1.29 is 22.4 Å². The minimum atomic E-state index is -4.28. The van der Waals surface area contributed by atoms with Gasteiger partial charge in [-0.3, -0.25) is 9.59 Å². The third kappa shape index (κ3) is 4.55. The molecular formula is C24H20ClFN2O4S. The number of aryl methyl sites for hydroxylation is 1. The maximum Gasteiger partial charge on any atom is 0.252 e. The second-order valence-electron chi connectivity index (χ2n) is 7.72. The number of amides is 2. The van der Waals surface area contributed by atoms with Gasteiger partial charge in [-0.2, -0.15) is 4.31 Å². The molecule has 0 radical (unpaired) electrons. The van der Waals surface area contributed by atoms with E-state index in [0.29, 0.717) is 16.3 Å². The summed E-state index contributed by atoms with van der Waals surface area (Å²) in [5, 5.41) is 0.323. The van der Waals surface area contributed by atoms with Gasteiger partial charge in [0.2, 0.25) is 15.9 Å². The predicted octanol–water partition coefficient (Wildman–Crippen LogP) is 4.31. The van der Waals surface area contributed by atoms with Crippen molar-refractivity contribution in [2.75, 3.05) is 4.90 Å². The minimum Gasteiger partial charge on any atom is -0.274 e. The summed E-state index contributed by atoms with van der Waals surface area (Å²) >= 11 is 6.26. The summed E-state index contributed by atoms with van der Waals surface area (Å²) in [5.74, 6) is -1.75. The molecular weight excluding hydrogens is 467 g/mol. The van der Waals surface area contributed by atoms with Crippen LogP contribution in [0.1, 0.15) is 17.5 Å². The third-order valence-corrected chi connectivity index (χ3v) is 7.70. The van der Waals surface area contributed by atoms with Gasteiger partial charge in [-0.05, 0) is 55.0 Å². The fourth-order valence-corrected chi connectivity index (χ4v) is 5.46. The lowest BCUT2D eigenvalue weighted by Gasteiger charge is -2.27. The zero-order valence-electron chi connectivity index (χ0n) is 17.6. The second kappa shape index (κ2) is 9.05. The lowest BCUT2D eigenvalue weighted by atomic mass is 10.2. The molecule has 3 aromatic rings. The van der Waals surface area contributed by atoms with E-state index in [2.05, 4.69) is 0 Å². The van der Waals surface area contributed by atoms with Crippen LogP contribution < -0.4 is 4.90 Å². The molecule has 2 amide bonds. The van der Waals surface area contributed by atoms with Crippen LogP contribution in [0.25, 0.3) is 0 Å². The summed E-state index contributed by atoms with van der Waals surface area (Å²) in [7, 11) is -4.28. The SMILES string of the molecule is Cc1ccc(N2C(=O)CC(N(Cc3ccccc3Cl)S(=O)(=O)c3ccc(F)cc3)C2=O)cc1. The van der Waals surface area contributed by atoms with Crippen molar-refractivity contribution in [1.82, 2.24) is 4.31 Å². The number of imide groups is 1. The summed E-state index contributed by atoms with van der Waals surface area (Å²) in [6.07, 6.45) is -0.322. The summed E-state index contributed by atoms with van der Waals surface area (Å²) in [5.41, 5.74) is 1.79. The molecule has 9 heteroatoms. The fourth-order valence-electron chi connectivity index (χ4n) is 3.71. The van der Waals surface area contributed by atoms with Crippen molar-refractivity contribution in [3.63, 3.8) is 0 Å². The van der Waals surface area contributed by atoms with Crippen LogP contribution in [0, 0.1) is 12.7 Å². The molecule has 4 rings (SSSR count). The van der Waals surface area contributed by atoms with Crippen molar-refractivity contribution >= 4 is 39.1 Å². The molecule has 1 fully saturated rings. The van der Waals surface area contributed by atoms with Crippen molar-refractivity contribution in [3.05, 3.63) is 94.8 Å². The molecule has 170 valence electrons. The third-order valence-electron chi connectivity index (χ3n) is 5.47. The molecule has 1 aliphatic rings. The first-order chi connectivity index (χ1) is 15.7. The number of carbonyl (C=O) groups is 2. The standard InChI is InChI=1S/C24H20ClFN2O4S/c1-16-6-10-19(11-7-16)28-23(29)14-22(24(28)30)27(15-17-4-2-3-5-21(17)25)33(31,32)20-12-8-18(26)9-13-20/h2-13,22H,14-15H2,1H3. The molecule has 1 unspecified atom stereocenters. The number of hydrogen-bond donors (Lipinski definition) is 0. The molecule has 1 heterocycles. The number of anilines is 1. The molecule has 6 nitrogen and oxygen atoms in total. The normalized spacial score (nSPS) is 16.6. The molecule has 33 heavy (non-hydrogen) atoms. The first-order valence-corrected chi connectivity index (χ1v) is 11.9. The first-order valence-electron chi connectivity index (χ1n) is 10.1. The average molecular weight is 487 g/mol. The van der Waals surface area contributed by atoms with Gasteiger partial charge in [0.1, 0.15) is 11.9 Å². The topological polar surface area (TPSA) is 74.8 Å². The van der Waals surface area contributed by atoms with E-state index in [9.17, 15) is 22.4 Å². The second-order valence-corrected chi connectivity index (χ2v) is 10.0. The van der Waals surface area contributed by atoms with Gasteiger partial charge in [-0.15, -0.1) is 0 Å². The molecule has 0 aliphatic carbocycles. The number of hydrogen-bond acceptors (Lipinski definition) is 4. The highest BCUT2D eigenvalue weighted by molar-refractivity contribution is 7.89. The van der Waals surface area contributed by atoms with Crippen LogP contribution in [0.15, 0.2) is 77.7 Å². The minimum absolute atomic E-state index is 0.190. The van der Waals surface area contributed by atoms with E-state index in [1.807, 2.05) is 6.92 Å². The van der Waals surface area contributed by atoms with Gasteiger partial charge < -0.3 is 0 Å². The molecule has 0 saturated carbocycles. The Balaban J connectivity index is 1.77. The number of rotatable bonds is 6. The van der Waals surface area contributed by atoms with Crippen LogP contribution in [0.3, 0.4) is 0 Å². The summed E-state index contributed by atoms with van der Waals surface area (Å²) < 4.78 is 41.5. The highest BCUT2D eigenvalue weighted by atomic mass is 35.5. The molecule has 0 spiro atoms. The zero-order valence-corrected chi connectivity index (χ0v) is 19.2. The Morgan fingerprint density at radius 3 is 2.27 bits per heavy atom. The van der Waals surface area contributed by atoms with Crippen molar-refractivity contribution in [2.45, 2.75) is 30.8 Å². The Morgan fingerprint density at radius 2 is 1.64 bits per heavy atom. The van der Waals surface area contributed by atoms with Gasteiger partial charge in [-0.1, -0.05) is 47.5 Å². The number of benzene rings is 3. The number of sulfonamides is 1. The van der Waals surface area contributed by atoms with Crippen molar-refractivity contribution in [2.24, 2.45) is 0 Å². The van der Waals surface area contributed by atoms with Crippen LogP contribution in [0.5, 0.6) is 0 Å². The smallest absolute Gasteiger partial charge is 0.252 e. The molecule has 1 saturated heterocycles. The Bertz CT molecular complexity index is 1310. The Hall–Kier alpha value is -3.07. The Labute approximate surface area is 196 Å². The Kier molecular flexibility index (Phi) is 6.34. The van der Waals surface area contributed by atoms with Crippen molar-refractivity contribution in [1.29, 1.82) is 0 Å². The Morgan fingerprint density at radius 1 is 1.00 bits per heavy atom. The van der Waals surface area contributed by atoms with E-state index in [-0.39, 0.29) is 17.9 Å². The van der Waals surface area contributed by atoms with E-state index in [0.717, 1.165) is 39.0 Å². The van der Waals surface area contributed by atoms with Gasteiger partial charge in [0, 0.05) is 11.6 Å². The van der Waals surface area contributed by atoms with E-state index in [1.54, 1.807) is 48.5 Å². The monoisotopic (exact) mass is 486 g/mol. The molecule has 1 aliphatic heterocycles. The number of carbonyl (C=O) groups excluding carboxylic acids is 2. The van der Waals surface area contributed by atoms with Gasteiger partial charge >= 0.3 is 0 Å². The van der Waals surface area contributed by atoms with E-state index in [4.69, 9.17) is 11.6 Å². The van der Waals surface area contributed by atoms with Crippen LogP contribution in [-0.2, 0) is 26.2 Å². The lowest BCUT2D eigenvalue weighted by molar-refractivity contribution is -0.122. The van der Waals surface area contributed by atoms with E-state index in [1.165, 1.54) is 0 Å². The highest BCUT2D eigenvalue weighted by Gasteiger charge is 2.47. The molecule has 3 aromatic carbocycles. The first kappa shape index (κ1) is 23.1. The molecule has 0 aromatic heterocycles. The quantitative estimate of drug-likeness (QED) is 0.486. The van der Waals surface area contributed by atoms with Gasteiger partial charge in [0.15, 0.2) is 0 Å². The fraction of sp³-hybridized carbons (Fsp3) is 0.167. The molecule has 1 atom stereocenters. The maximum absolute atomic E-state index is 13.6. The van der Waals surface area contributed by atoms with Crippen LogP contribution in [0.2, 0.25) is 5.02 Å². The predicted molar refractivity (Wildman–Crippen MR) is 123 cm³/mol. The van der Waals surface area contributed by atoms with Crippen LogP contribution >= 0.6 is 11.6 Å². The maximum atomic E-state index is 13.6. The van der Waals surface area contributed by atoms with Gasteiger partial charge in [-0.25, -0.2) is 17.7 Å². The zero-order chi connectivity index (χ0) is 23.8. The number of nitrogens with zero attached hydrogens (tertiary/aromatic N) is 2. The largest absolute Gasteiger partial charge is 0.274 e. The molecule has 0 N–H and O–H groups in total. The van der Waals surface area contributed by atoms with Crippen LogP contribution in [0.4, 0.5) is 10.1 Å².